The molecule has 1 aliphatic rings. The van der Waals surface area contributed by atoms with Crippen LogP contribution in [0.25, 0.3) is 10.8 Å². The monoisotopic (exact) mass is 418 g/mol. The highest BCUT2D eigenvalue weighted by Crippen LogP contribution is 2.26. The highest BCUT2D eigenvalue weighted by Gasteiger charge is 2.21. The minimum Gasteiger partial charge on any atom is -0.317 e. The summed E-state index contributed by atoms with van der Waals surface area (Å²) in [5, 5.41) is 13.7. The van der Waals surface area contributed by atoms with Gasteiger partial charge in [-0.15, -0.1) is 12.4 Å². The first-order chi connectivity index (χ1) is 13.2. The van der Waals surface area contributed by atoms with Crippen molar-refractivity contribution in [2.24, 2.45) is 7.05 Å². The second kappa shape index (κ2) is 9.36. The van der Waals surface area contributed by atoms with Crippen molar-refractivity contribution in [2.75, 3.05) is 24.2 Å². The van der Waals surface area contributed by atoms with Gasteiger partial charge in [-0.3, -0.25) is 10.1 Å². The molecular weight excluding hydrogens is 396 g/mol. The summed E-state index contributed by atoms with van der Waals surface area (Å²) < 4.78 is 1.65. The topological polar surface area (TPSA) is 84.7 Å². The second-order valence-corrected chi connectivity index (χ2v) is 7.58. The van der Waals surface area contributed by atoms with Crippen LogP contribution in [0, 0.1) is 0 Å². The summed E-state index contributed by atoms with van der Waals surface area (Å²) in [5.74, 6) is 1.84. The van der Waals surface area contributed by atoms with Gasteiger partial charge in [0.2, 0.25) is 11.9 Å². The maximum atomic E-state index is 12.4. The Hall–Kier alpha value is -2.16. The van der Waals surface area contributed by atoms with Gasteiger partial charge in [-0.05, 0) is 37.4 Å². The highest BCUT2D eigenvalue weighted by molar-refractivity contribution is 8.00. The predicted molar refractivity (Wildman–Crippen MR) is 114 cm³/mol. The van der Waals surface area contributed by atoms with Crippen molar-refractivity contribution >= 4 is 46.8 Å². The molecule has 0 saturated carbocycles. The van der Waals surface area contributed by atoms with Crippen molar-refractivity contribution in [3.05, 3.63) is 42.4 Å². The quantitative estimate of drug-likeness (QED) is 0.619. The van der Waals surface area contributed by atoms with Crippen LogP contribution in [-0.4, -0.2) is 44.5 Å². The van der Waals surface area contributed by atoms with Crippen molar-refractivity contribution in [1.29, 1.82) is 0 Å². The minimum atomic E-state index is -0.109. The van der Waals surface area contributed by atoms with E-state index in [1.54, 1.807) is 10.9 Å². The zero-order valence-electron chi connectivity index (χ0n) is 15.6. The van der Waals surface area contributed by atoms with Crippen LogP contribution in [0.2, 0.25) is 0 Å². The smallest absolute Gasteiger partial charge is 0.237 e. The van der Waals surface area contributed by atoms with Gasteiger partial charge in [0.25, 0.3) is 0 Å². The van der Waals surface area contributed by atoms with Crippen LogP contribution in [0.3, 0.4) is 0 Å². The molecule has 2 N–H and O–H groups in total. The van der Waals surface area contributed by atoms with Crippen LogP contribution >= 0.6 is 24.2 Å². The first-order valence-corrected chi connectivity index (χ1v) is 10.1. The molecule has 2 aromatic heterocycles. The van der Waals surface area contributed by atoms with E-state index in [2.05, 4.69) is 25.7 Å². The molecule has 0 radical (unpaired) electrons. The summed E-state index contributed by atoms with van der Waals surface area (Å²) in [4.78, 5) is 21.4. The molecule has 1 amide bonds. The van der Waals surface area contributed by atoms with Gasteiger partial charge in [-0.2, -0.15) is 10.1 Å². The van der Waals surface area contributed by atoms with E-state index in [1.165, 1.54) is 11.8 Å². The molecule has 0 atom stereocenters. The predicted octanol–water partition coefficient (Wildman–Crippen LogP) is 2.98. The van der Waals surface area contributed by atoms with Gasteiger partial charge in [-0.1, -0.05) is 36.0 Å². The van der Waals surface area contributed by atoms with Gasteiger partial charge in [0.1, 0.15) is 5.03 Å². The maximum Gasteiger partial charge on any atom is 0.237 e. The van der Waals surface area contributed by atoms with E-state index < -0.39 is 0 Å². The van der Waals surface area contributed by atoms with Gasteiger partial charge in [-0.25, -0.2) is 9.67 Å². The molecule has 0 bridgehead atoms. The van der Waals surface area contributed by atoms with E-state index in [9.17, 15) is 4.79 Å². The lowest BCUT2D eigenvalue weighted by Gasteiger charge is -2.19. The van der Waals surface area contributed by atoms with E-state index in [4.69, 9.17) is 0 Å². The van der Waals surface area contributed by atoms with Crippen molar-refractivity contribution in [2.45, 2.75) is 23.8 Å². The molecular formula is C19H23ClN6OS. The zero-order valence-corrected chi connectivity index (χ0v) is 17.2. The number of carbonyl (C=O) groups is 1. The number of benzene rings is 1. The molecule has 28 heavy (non-hydrogen) atoms. The van der Waals surface area contributed by atoms with Crippen LogP contribution in [0.5, 0.6) is 0 Å². The fourth-order valence-corrected chi connectivity index (χ4v) is 4.08. The number of anilines is 1. The molecule has 3 heterocycles. The highest BCUT2D eigenvalue weighted by atomic mass is 35.5. The number of aromatic nitrogens is 4. The Bertz CT molecular complexity index is 951. The van der Waals surface area contributed by atoms with E-state index in [-0.39, 0.29) is 24.1 Å². The van der Waals surface area contributed by atoms with Crippen LogP contribution < -0.4 is 10.6 Å². The summed E-state index contributed by atoms with van der Waals surface area (Å²) in [6.45, 7) is 1.97. The van der Waals surface area contributed by atoms with Crippen molar-refractivity contribution in [1.82, 2.24) is 25.1 Å². The number of carbonyl (C=O) groups excluding carboxylic acids is 1. The fraction of sp³-hybridized carbons (Fsp3) is 0.368. The summed E-state index contributed by atoms with van der Waals surface area (Å²) in [6.07, 6.45) is 3.83. The third-order valence-corrected chi connectivity index (χ3v) is 5.72. The number of nitrogens with zero attached hydrogens (tertiary/aromatic N) is 4. The van der Waals surface area contributed by atoms with E-state index in [1.807, 2.05) is 37.4 Å². The number of hydrogen-bond acceptors (Lipinski definition) is 6. The number of amides is 1. The number of nitrogens with one attached hydrogen (secondary N) is 2. The van der Waals surface area contributed by atoms with Crippen LogP contribution in [0.1, 0.15) is 24.6 Å². The normalized spacial score (nSPS) is 14.6. The molecule has 0 spiro atoms. The Balaban J connectivity index is 0.00000225. The van der Waals surface area contributed by atoms with Crippen molar-refractivity contribution in [3.63, 3.8) is 0 Å². The molecule has 1 aliphatic heterocycles. The van der Waals surface area contributed by atoms with E-state index >= 15 is 0 Å². The van der Waals surface area contributed by atoms with Gasteiger partial charge < -0.3 is 5.32 Å². The molecule has 148 valence electrons. The standard InChI is InChI=1S/C19H22N6OS.ClH/c1-25-19(23-17(24-25)14-6-9-20-10-7-14)22-16(26)12-27-18-15-5-3-2-4-13(15)8-11-21-18;/h2-5,8,11,14,20H,6-7,9-10,12H2,1H3,(H,22,23,24,26);1H. The molecule has 4 rings (SSSR count). The number of hydrogen-bond donors (Lipinski definition) is 2. The first-order valence-electron chi connectivity index (χ1n) is 9.09. The molecule has 0 aliphatic carbocycles. The number of fused-ring (bicyclic) bond motifs is 1. The molecule has 1 aromatic carbocycles. The lowest BCUT2D eigenvalue weighted by molar-refractivity contribution is -0.113. The van der Waals surface area contributed by atoms with Gasteiger partial charge in [0.05, 0.1) is 5.75 Å². The fourth-order valence-electron chi connectivity index (χ4n) is 3.27. The van der Waals surface area contributed by atoms with E-state index in [0.717, 1.165) is 47.6 Å². The molecule has 9 heteroatoms. The second-order valence-electron chi connectivity index (χ2n) is 6.62. The van der Waals surface area contributed by atoms with Gasteiger partial charge in [0, 0.05) is 24.5 Å². The Morgan fingerprint density at radius 1 is 1.29 bits per heavy atom. The molecule has 1 saturated heterocycles. The summed E-state index contributed by atoms with van der Waals surface area (Å²) in [7, 11) is 1.81. The largest absolute Gasteiger partial charge is 0.317 e. The number of thioether (sulfide) groups is 1. The third-order valence-electron chi connectivity index (χ3n) is 4.71. The number of aryl methyl sites for hydroxylation is 1. The Kier molecular flexibility index (Phi) is 6.88. The first kappa shape index (κ1) is 20.6. The summed E-state index contributed by atoms with van der Waals surface area (Å²) >= 11 is 1.43. The molecule has 7 nitrogen and oxygen atoms in total. The Morgan fingerprint density at radius 3 is 2.89 bits per heavy atom. The zero-order chi connectivity index (χ0) is 18.6. The molecule has 3 aromatic rings. The number of piperidine rings is 1. The average molecular weight is 419 g/mol. The lowest BCUT2D eigenvalue weighted by Crippen LogP contribution is -2.27. The lowest BCUT2D eigenvalue weighted by atomic mass is 9.98. The minimum absolute atomic E-state index is 0. The van der Waals surface area contributed by atoms with Gasteiger partial charge in [0.15, 0.2) is 5.82 Å². The third kappa shape index (κ3) is 4.63. The molecule has 0 unspecified atom stereocenters. The molecule has 1 fully saturated rings. The van der Waals surface area contributed by atoms with Gasteiger partial charge >= 0.3 is 0 Å². The van der Waals surface area contributed by atoms with Crippen molar-refractivity contribution in [3.8, 4) is 0 Å². The SMILES string of the molecule is Cl.Cn1nc(C2CCNCC2)nc1NC(=O)CSc1nccc2ccccc12. The van der Waals surface area contributed by atoms with Crippen molar-refractivity contribution < 1.29 is 4.79 Å². The van der Waals surface area contributed by atoms with E-state index in [0.29, 0.717) is 11.9 Å². The van der Waals surface area contributed by atoms with Crippen LogP contribution in [-0.2, 0) is 11.8 Å². The maximum absolute atomic E-state index is 12.4. The van der Waals surface area contributed by atoms with Crippen LogP contribution in [0.15, 0.2) is 41.6 Å². The number of rotatable bonds is 5. The number of halogens is 1. The number of pyridine rings is 1. The summed E-state index contributed by atoms with van der Waals surface area (Å²) in [6, 6.07) is 10.0. The average Bonchev–Trinajstić information content (AvgIpc) is 3.07. The summed E-state index contributed by atoms with van der Waals surface area (Å²) in [5.41, 5.74) is 0. The Morgan fingerprint density at radius 2 is 2.07 bits per heavy atom. The van der Waals surface area contributed by atoms with Crippen LogP contribution in [0.4, 0.5) is 5.95 Å². The Labute approximate surface area is 174 Å².